The minimum atomic E-state index is -0.544. The van der Waals surface area contributed by atoms with E-state index in [0.717, 1.165) is 30.5 Å². The van der Waals surface area contributed by atoms with Crippen LogP contribution in [0, 0.1) is 11.6 Å². The molecule has 1 amide bonds. The largest absolute Gasteiger partial charge is 0.507 e. The van der Waals surface area contributed by atoms with Gasteiger partial charge in [0, 0.05) is 11.1 Å². The number of nitrogens with one attached hydrogen (secondary N) is 1. The van der Waals surface area contributed by atoms with E-state index in [2.05, 4.69) is 10.5 Å². The molecule has 0 radical (unpaired) electrons. The number of nitrogens with zero attached hydrogens (tertiary/aromatic N) is 1. The topological polar surface area (TPSA) is 61.7 Å². The molecule has 2 aromatic carbocycles. The number of carbonyl (C=O) groups is 1. The lowest BCUT2D eigenvalue weighted by Gasteiger charge is -2.00. The molecule has 0 saturated carbocycles. The fraction of sp³-hybridized carbons (Fsp3) is 0. The molecular weight excluding hydrogens is 266 g/mol. The predicted molar refractivity (Wildman–Crippen MR) is 69.5 cm³/mol. The molecule has 0 fully saturated rings. The van der Waals surface area contributed by atoms with Gasteiger partial charge in [-0.25, -0.2) is 14.2 Å². The lowest BCUT2D eigenvalue weighted by atomic mass is 10.2. The number of hydrazone groups is 1. The molecule has 0 saturated heterocycles. The third-order valence-corrected chi connectivity index (χ3v) is 2.47. The van der Waals surface area contributed by atoms with Gasteiger partial charge in [-0.1, -0.05) is 0 Å². The summed E-state index contributed by atoms with van der Waals surface area (Å²) in [4.78, 5) is 11.6. The van der Waals surface area contributed by atoms with Gasteiger partial charge in [-0.05, 0) is 42.5 Å². The number of rotatable bonds is 3. The Labute approximate surface area is 113 Å². The summed E-state index contributed by atoms with van der Waals surface area (Å²) in [6.45, 7) is 0. The van der Waals surface area contributed by atoms with Crippen LogP contribution in [-0.4, -0.2) is 17.2 Å². The van der Waals surface area contributed by atoms with Crippen LogP contribution in [0.2, 0.25) is 0 Å². The molecule has 0 unspecified atom stereocenters. The van der Waals surface area contributed by atoms with Gasteiger partial charge >= 0.3 is 0 Å². The Morgan fingerprint density at radius 3 is 2.45 bits per heavy atom. The average Bonchev–Trinajstić information content (AvgIpc) is 2.43. The number of aromatic hydroxyl groups is 1. The lowest BCUT2D eigenvalue weighted by molar-refractivity contribution is 0.0955. The summed E-state index contributed by atoms with van der Waals surface area (Å²) in [6, 6.07) is 8.26. The highest BCUT2D eigenvalue weighted by molar-refractivity contribution is 5.95. The fourth-order valence-corrected chi connectivity index (χ4v) is 1.46. The number of hydrogen-bond donors (Lipinski definition) is 2. The zero-order valence-corrected chi connectivity index (χ0v) is 10.2. The first-order valence-electron chi connectivity index (χ1n) is 5.64. The van der Waals surface area contributed by atoms with Gasteiger partial charge in [-0.15, -0.1) is 0 Å². The van der Waals surface area contributed by atoms with E-state index in [0.29, 0.717) is 0 Å². The van der Waals surface area contributed by atoms with Crippen LogP contribution in [0.15, 0.2) is 47.6 Å². The van der Waals surface area contributed by atoms with E-state index in [-0.39, 0.29) is 16.9 Å². The Morgan fingerprint density at radius 1 is 1.10 bits per heavy atom. The first-order valence-corrected chi connectivity index (χ1v) is 5.64. The van der Waals surface area contributed by atoms with Crippen LogP contribution in [0.3, 0.4) is 0 Å². The third kappa shape index (κ3) is 3.38. The lowest BCUT2D eigenvalue weighted by Crippen LogP contribution is -2.17. The van der Waals surface area contributed by atoms with Crippen LogP contribution in [-0.2, 0) is 0 Å². The molecule has 0 heterocycles. The Hall–Kier alpha value is -2.76. The van der Waals surface area contributed by atoms with Gasteiger partial charge < -0.3 is 5.11 Å². The number of phenolic OH excluding ortho intramolecular Hbond substituents is 1. The molecule has 102 valence electrons. The zero-order valence-electron chi connectivity index (χ0n) is 10.2. The predicted octanol–water partition coefficient (Wildman–Crippen LogP) is 2.43. The van der Waals surface area contributed by atoms with Crippen molar-refractivity contribution >= 4 is 12.1 Å². The van der Waals surface area contributed by atoms with E-state index in [1.807, 2.05) is 0 Å². The van der Waals surface area contributed by atoms with Crippen molar-refractivity contribution in [2.75, 3.05) is 0 Å². The average molecular weight is 276 g/mol. The number of halogens is 2. The molecule has 0 bridgehead atoms. The van der Waals surface area contributed by atoms with E-state index in [1.165, 1.54) is 18.2 Å². The highest BCUT2D eigenvalue weighted by Gasteiger charge is 2.04. The minimum absolute atomic E-state index is 0.129. The number of phenols is 1. The summed E-state index contributed by atoms with van der Waals surface area (Å²) in [7, 11) is 0. The first kappa shape index (κ1) is 13.7. The molecular formula is C14H10F2N2O2. The highest BCUT2D eigenvalue weighted by atomic mass is 19.1. The maximum atomic E-state index is 12.9. The second-order valence-electron chi connectivity index (χ2n) is 3.91. The number of carbonyl (C=O) groups excluding carboxylic acids is 1. The van der Waals surface area contributed by atoms with Crippen molar-refractivity contribution in [2.24, 2.45) is 5.10 Å². The molecule has 0 aromatic heterocycles. The third-order valence-electron chi connectivity index (χ3n) is 2.47. The van der Waals surface area contributed by atoms with Crippen molar-refractivity contribution in [3.63, 3.8) is 0 Å². The minimum Gasteiger partial charge on any atom is -0.507 e. The molecule has 0 spiro atoms. The highest BCUT2D eigenvalue weighted by Crippen LogP contribution is 2.15. The van der Waals surface area contributed by atoms with Gasteiger partial charge in [-0.2, -0.15) is 5.10 Å². The molecule has 2 aromatic rings. The van der Waals surface area contributed by atoms with Gasteiger partial charge in [-0.3, -0.25) is 4.79 Å². The van der Waals surface area contributed by atoms with Gasteiger partial charge in [0.15, 0.2) is 0 Å². The monoisotopic (exact) mass is 276 g/mol. The maximum Gasteiger partial charge on any atom is 0.271 e. The van der Waals surface area contributed by atoms with Crippen molar-refractivity contribution < 1.29 is 18.7 Å². The molecule has 20 heavy (non-hydrogen) atoms. The second kappa shape index (κ2) is 5.92. The zero-order chi connectivity index (χ0) is 14.5. The van der Waals surface area contributed by atoms with E-state index in [1.54, 1.807) is 0 Å². The Bertz CT molecular complexity index is 655. The van der Waals surface area contributed by atoms with Crippen LogP contribution < -0.4 is 5.43 Å². The standard InChI is InChI=1S/C14H10F2N2O2/c15-11-3-1-9(2-4-11)14(20)18-17-8-10-7-12(16)5-6-13(10)19/h1-8,19H,(H,18,20). The van der Waals surface area contributed by atoms with Crippen LogP contribution in [0.4, 0.5) is 8.78 Å². The van der Waals surface area contributed by atoms with E-state index >= 15 is 0 Å². The van der Waals surface area contributed by atoms with Gasteiger partial charge in [0.05, 0.1) is 6.21 Å². The van der Waals surface area contributed by atoms with Crippen LogP contribution >= 0.6 is 0 Å². The maximum absolute atomic E-state index is 12.9. The summed E-state index contributed by atoms with van der Waals surface area (Å²) < 4.78 is 25.6. The molecule has 0 aliphatic heterocycles. The Balaban J connectivity index is 2.04. The van der Waals surface area contributed by atoms with Crippen molar-refractivity contribution in [3.05, 3.63) is 65.2 Å². The number of hydrogen-bond acceptors (Lipinski definition) is 3. The molecule has 0 aliphatic carbocycles. The number of benzene rings is 2. The smallest absolute Gasteiger partial charge is 0.271 e. The quantitative estimate of drug-likeness (QED) is 0.668. The van der Waals surface area contributed by atoms with Gasteiger partial charge in [0.25, 0.3) is 5.91 Å². The molecule has 0 atom stereocenters. The van der Waals surface area contributed by atoms with E-state index < -0.39 is 17.5 Å². The summed E-state index contributed by atoms with van der Waals surface area (Å²) in [5.74, 6) is -1.69. The molecule has 2 rings (SSSR count). The molecule has 4 nitrogen and oxygen atoms in total. The van der Waals surface area contributed by atoms with Crippen molar-refractivity contribution in [1.82, 2.24) is 5.43 Å². The fourth-order valence-electron chi connectivity index (χ4n) is 1.46. The van der Waals surface area contributed by atoms with Crippen molar-refractivity contribution in [3.8, 4) is 5.75 Å². The van der Waals surface area contributed by atoms with Crippen molar-refractivity contribution in [2.45, 2.75) is 0 Å². The summed E-state index contributed by atoms with van der Waals surface area (Å²) >= 11 is 0. The Kier molecular flexibility index (Phi) is 4.05. The van der Waals surface area contributed by atoms with Gasteiger partial charge in [0.2, 0.25) is 0 Å². The summed E-state index contributed by atoms with van der Waals surface area (Å²) in [6.07, 6.45) is 1.11. The molecule has 0 aliphatic rings. The second-order valence-corrected chi connectivity index (χ2v) is 3.91. The molecule has 6 heteroatoms. The summed E-state index contributed by atoms with van der Waals surface area (Å²) in [5, 5.41) is 13.0. The van der Waals surface area contributed by atoms with Crippen LogP contribution in [0.25, 0.3) is 0 Å². The van der Waals surface area contributed by atoms with E-state index in [4.69, 9.17) is 0 Å². The van der Waals surface area contributed by atoms with Gasteiger partial charge in [0.1, 0.15) is 17.4 Å². The van der Waals surface area contributed by atoms with E-state index in [9.17, 15) is 18.7 Å². The van der Waals surface area contributed by atoms with Crippen LogP contribution in [0.5, 0.6) is 5.75 Å². The Morgan fingerprint density at radius 2 is 1.75 bits per heavy atom. The van der Waals surface area contributed by atoms with Crippen molar-refractivity contribution in [1.29, 1.82) is 0 Å². The molecule has 2 N–H and O–H groups in total. The normalized spacial score (nSPS) is 10.7. The number of amides is 1. The SMILES string of the molecule is O=C(NN=Cc1cc(F)ccc1O)c1ccc(F)cc1. The van der Waals surface area contributed by atoms with Crippen LogP contribution in [0.1, 0.15) is 15.9 Å². The summed E-state index contributed by atoms with van der Waals surface area (Å²) in [5.41, 5.74) is 2.55. The first-order chi connectivity index (χ1) is 9.56.